The Hall–Kier alpha value is -2.33. The van der Waals surface area contributed by atoms with Crippen molar-refractivity contribution in [1.82, 2.24) is 10.2 Å². The second kappa shape index (κ2) is 9.84. The molecule has 1 amide bonds. The Balaban J connectivity index is 2.05. The van der Waals surface area contributed by atoms with E-state index in [4.69, 9.17) is 4.74 Å². The molecular formula is C21H28N2O2. The third kappa shape index (κ3) is 5.33. The van der Waals surface area contributed by atoms with E-state index < -0.39 is 0 Å². The number of ether oxygens (including phenoxy) is 1. The second-order valence-corrected chi connectivity index (χ2v) is 5.82. The second-order valence-electron chi connectivity index (χ2n) is 5.82. The first kappa shape index (κ1) is 19.0. The molecule has 2 rings (SSSR count). The van der Waals surface area contributed by atoms with E-state index in [1.54, 1.807) is 12.1 Å². The topological polar surface area (TPSA) is 41.6 Å². The van der Waals surface area contributed by atoms with Gasteiger partial charge in [-0.3, -0.25) is 9.69 Å². The van der Waals surface area contributed by atoms with E-state index in [9.17, 15) is 4.79 Å². The Kier molecular flexibility index (Phi) is 7.48. The summed E-state index contributed by atoms with van der Waals surface area (Å²) in [4.78, 5) is 14.8. The van der Waals surface area contributed by atoms with E-state index in [-0.39, 0.29) is 11.9 Å². The van der Waals surface area contributed by atoms with Crippen molar-refractivity contribution in [3.63, 3.8) is 0 Å². The molecule has 0 radical (unpaired) electrons. The van der Waals surface area contributed by atoms with Crippen molar-refractivity contribution in [1.29, 1.82) is 0 Å². The summed E-state index contributed by atoms with van der Waals surface area (Å²) in [6.07, 6.45) is 0. The molecule has 25 heavy (non-hydrogen) atoms. The van der Waals surface area contributed by atoms with E-state index in [2.05, 4.69) is 36.2 Å². The molecule has 1 N–H and O–H groups in total. The molecule has 0 aliphatic rings. The summed E-state index contributed by atoms with van der Waals surface area (Å²) in [5.41, 5.74) is 1.87. The van der Waals surface area contributed by atoms with Crippen molar-refractivity contribution < 1.29 is 9.53 Å². The monoisotopic (exact) mass is 340 g/mol. The van der Waals surface area contributed by atoms with Crippen LogP contribution in [0.1, 0.15) is 42.7 Å². The number of hydrogen-bond donors (Lipinski definition) is 1. The first-order chi connectivity index (χ1) is 12.2. The van der Waals surface area contributed by atoms with Crippen LogP contribution in [0.4, 0.5) is 0 Å². The zero-order chi connectivity index (χ0) is 18.1. The lowest BCUT2D eigenvalue weighted by Crippen LogP contribution is -2.38. The molecule has 0 saturated heterocycles. The Morgan fingerprint density at radius 3 is 2.20 bits per heavy atom. The average molecular weight is 340 g/mol. The summed E-state index contributed by atoms with van der Waals surface area (Å²) >= 11 is 0. The van der Waals surface area contributed by atoms with Crippen molar-refractivity contribution in [2.24, 2.45) is 0 Å². The summed E-state index contributed by atoms with van der Waals surface area (Å²) in [5.74, 6) is 0.723. The number of nitrogens with zero attached hydrogens (tertiary/aromatic N) is 1. The minimum atomic E-state index is -0.0591. The highest BCUT2D eigenvalue weighted by Gasteiger charge is 2.19. The predicted octanol–water partition coefficient (Wildman–Crippen LogP) is 3.90. The van der Waals surface area contributed by atoms with Crippen molar-refractivity contribution >= 4 is 5.91 Å². The number of benzene rings is 2. The van der Waals surface area contributed by atoms with Gasteiger partial charge < -0.3 is 10.1 Å². The summed E-state index contributed by atoms with van der Waals surface area (Å²) in [6.45, 7) is 9.31. The summed E-state index contributed by atoms with van der Waals surface area (Å²) in [5, 5.41) is 3.08. The quantitative estimate of drug-likeness (QED) is 0.753. The smallest absolute Gasteiger partial charge is 0.251 e. The molecule has 0 bridgehead atoms. The molecule has 0 fully saturated rings. The number of carbonyl (C=O) groups excluding carboxylic acids is 1. The largest absolute Gasteiger partial charge is 0.494 e. The van der Waals surface area contributed by atoms with E-state index in [1.165, 1.54) is 5.56 Å². The normalized spacial score (nSPS) is 12.0. The molecule has 0 aliphatic heterocycles. The average Bonchev–Trinajstić information content (AvgIpc) is 2.66. The maximum absolute atomic E-state index is 12.5. The van der Waals surface area contributed by atoms with Gasteiger partial charge in [0, 0.05) is 12.1 Å². The maximum atomic E-state index is 12.5. The molecule has 1 atom stereocenters. The molecule has 4 nitrogen and oxygen atoms in total. The molecule has 4 heteroatoms. The van der Waals surface area contributed by atoms with Gasteiger partial charge in [-0.25, -0.2) is 0 Å². The Labute approximate surface area is 150 Å². The van der Waals surface area contributed by atoms with E-state index in [1.807, 2.05) is 37.3 Å². The lowest BCUT2D eigenvalue weighted by molar-refractivity contribution is 0.0935. The number of rotatable bonds is 9. The summed E-state index contributed by atoms with van der Waals surface area (Å²) in [7, 11) is 0. The zero-order valence-corrected chi connectivity index (χ0v) is 15.4. The van der Waals surface area contributed by atoms with E-state index >= 15 is 0 Å². The van der Waals surface area contributed by atoms with Gasteiger partial charge in [0.2, 0.25) is 0 Å². The third-order valence-corrected chi connectivity index (χ3v) is 4.32. The van der Waals surface area contributed by atoms with Gasteiger partial charge in [0.05, 0.1) is 12.6 Å². The molecule has 1 unspecified atom stereocenters. The number of nitrogens with one attached hydrogen (secondary N) is 1. The van der Waals surface area contributed by atoms with Crippen molar-refractivity contribution in [3.8, 4) is 5.75 Å². The van der Waals surface area contributed by atoms with Crippen LogP contribution in [0.25, 0.3) is 0 Å². The van der Waals surface area contributed by atoms with Crippen LogP contribution in [0.3, 0.4) is 0 Å². The summed E-state index contributed by atoms with van der Waals surface area (Å²) < 4.78 is 5.42. The van der Waals surface area contributed by atoms with Crippen LogP contribution in [0, 0.1) is 0 Å². The molecule has 0 aromatic heterocycles. The van der Waals surface area contributed by atoms with Crippen LogP contribution in [-0.4, -0.2) is 37.0 Å². The summed E-state index contributed by atoms with van der Waals surface area (Å²) in [6, 6.07) is 17.8. The first-order valence-corrected chi connectivity index (χ1v) is 8.99. The Morgan fingerprint density at radius 2 is 1.64 bits per heavy atom. The van der Waals surface area contributed by atoms with Crippen LogP contribution in [0.5, 0.6) is 5.75 Å². The van der Waals surface area contributed by atoms with Crippen LogP contribution >= 0.6 is 0 Å². The van der Waals surface area contributed by atoms with Crippen molar-refractivity contribution in [2.75, 3.05) is 26.2 Å². The minimum Gasteiger partial charge on any atom is -0.494 e. The van der Waals surface area contributed by atoms with Gasteiger partial charge in [-0.2, -0.15) is 0 Å². The number of carbonyl (C=O) groups is 1. The third-order valence-electron chi connectivity index (χ3n) is 4.32. The highest BCUT2D eigenvalue weighted by Crippen LogP contribution is 2.20. The van der Waals surface area contributed by atoms with Gasteiger partial charge in [0.15, 0.2) is 0 Å². The van der Waals surface area contributed by atoms with Crippen LogP contribution in [0.15, 0.2) is 54.6 Å². The Bertz CT molecular complexity index is 637. The van der Waals surface area contributed by atoms with Crippen LogP contribution in [0.2, 0.25) is 0 Å². The first-order valence-electron chi connectivity index (χ1n) is 8.99. The highest BCUT2D eigenvalue weighted by molar-refractivity contribution is 5.94. The molecule has 134 valence electrons. The number of likely N-dealkylation sites (N-methyl/N-ethyl adjacent to an activating group) is 1. The van der Waals surface area contributed by atoms with E-state index in [0.29, 0.717) is 18.7 Å². The fourth-order valence-electron chi connectivity index (χ4n) is 2.96. The Morgan fingerprint density at radius 1 is 1.00 bits per heavy atom. The lowest BCUT2D eigenvalue weighted by Gasteiger charge is -2.30. The van der Waals surface area contributed by atoms with Gasteiger partial charge >= 0.3 is 0 Å². The molecular weight excluding hydrogens is 312 g/mol. The van der Waals surface area contributed by atoms with Gasteiger partial charge in [-0.1, -0.05) is 44.2 Å². The van der Waals surface area contributed by atoms with Gasteiger partial charge in [-0.15, -0.1) is 0 Å². The standard InChI is InChI=1S/C21H28N2O2/c1-4-23(5-2)20(17-10-8-7-9-11-17)16-22-21(24)18-12-14-19(15-13-18)25-6-3/h7-15,20H,4-6,16H2,1-3H3,(H,22,24). The van der Waals surface area contributed by atoms with Gasteiger partial charge in [-0.05, 0) is 49.8 Å². The molecule has 2 aromatic rings. The lowest BCUT2D eigenvalue weighted by atomic mass is 10.0. The zero-order valence-electron chi connectivity index (χ0n) is 15.4. The minimum absolute atomic E-state index is 0.0591. The van der Waals surface area contributed by atoms with Gasteiger partial charge in [0.25, 0.3) is 5.91 Å². The molecule has 0 heterocycles. The van der Waals surface area contributed by atoms with Crippen molar-refractivity contribution in [3.05, 3.63) is 65.7 Å². The fourth-order valence-corrected chi connectivity index (χ4v) is 2.96. The molecule has 2 aromatic carbocycles. The number of hydrogen-bond acceptors (Lipinski definition) is 3. The van der Waals surface area contributed by atoms with E-state index in [0.717, 1.165) is 18.8 Å². The molecule has 0 saturated carbocycles. The SMILES string of the molecule is CCOc1ccc(C(=O)NCC(c2ccccc2)N(CC)CC)cc1. The van der Waals surface area contributed by atoms with Crippen LogP contribution in [-0.2, 0) is 0 Å². The number of amides is 1. The van der Waals surface area contributed by atoms with Crippen molar-refractivity contribution in [2.45, 2.75) is 26.8 Å². The van der Waals surface area contributed by atoms with Gasteiger partial charge in [0.1, 0.15) is 5.75 Å². The predicted molar refractivity (Wildman–Crippen MR) is 102 cm³/mol. The maximum Gasteiger partial charge on any atom is 0.251 e. The van der Waals surface area contributed by atoms with Crippen LogP contribution < -0.4 is 10.1 Å². The molecule has 0 spiro atoms. The molecule has 0 aliphatic carbocycles. The highest BCUT2D eigenvalue weighted by atomic mass is 16.5. The fraction of sp³-hybridized carbons (Fsp3) is 0.381.